The molecule has 1 saturated heterocycles. The van der Waals surface area contributed by atoms with Crippen molar-refractivity contribution in [3.8, 4) is 0 Å². The first kappa shape index (κ1) is 23.7. The van der Waals surface area contributed by atoms with Crippen molar-refractivity contribution < 1.29 is 23.4 Å². The second-order valence-corrected chi connectivity index (χ2v) is 15.6. The van der Waals surface area contributed by atoms with E-state index in [1.165, 1.54) is 10.4 Å². The Hall–Kier alpha value is -1.99. The first-order valence-electron chi connectivity index (χ1n) is 12.4. The molecular weight excluding hydrogens is 444 g/mol. The Morgan fingerprint density at radius 2 is 1.56 bits per heavy atom. The van der Waals surface area contributed by atoms with Gasteiger partial charge in [-0.15, -0.1) is 0 Å². The highest BCUT2D eigenvalue weighted by Crippen LogP contribution is 2.69. The standard InChI is InChI=1S/C28H36O5Si/c1-7-30-25(29)28-18-21(28)22(23-24(28)32-27(5,6)31-23)33-34(26(2,3)4,19-14-10-8-11-15-19)20-16-12-9-13-17-20/h8-17,21-24H,7,18H2,1-6H3/t21-,22+,23-,24+,28+/m0/s1. The summed E-state index contributed by atoms with van der Waals surface area (Å²) in [6, 6.07) is 21.2. The molecule has 5 rings (SSSR count). The highest BCUT2D eigenvalue weighted by molar-refractivity contribution is 6.99. The maximum absolute atomic E-state index is 13.2. The van der Waals surface area contributed by atoms with Gasteiger partial charge in [-0.25, -0.2) is 0 Å². The third-order valence-electron chi connectivity index (χ3n) is 7.80. The lowest BCUT2D eigenvalue weighted by molar-refractivity contribution is -0.175. The van der Waals surface area contributed by atoms with Crippen molar-refractivity contribution in [1.82, 2.24) is 0 Å². The number of rotatable bonds is 6. The van der Waals surface area contributed by atoms with E-state index in [2.05, 4.69) is 69.3 Å². The second kappa shape index (κ2) is 8.02. The first-order chi connectivity index (χ1) is 16.1. The zero-order valence-electron chi connectivity index (χ0n) is 21.0. The van der Waals surface area contributed by atoms with Crippen LogP contribution in [0.3, 0.4) is 0 Å². The van der Waals surface area contributed by atoms with Gasteiger partial charge < -0.3 is 18.6 Å². The van der Waals surface area contributed by atoms with Gasteiger partial charge in [0.15, 0.2) is 5.79 Å². The highest BCUT2D eigenvalue weighted by Gasteiger charge is 2.81. The number of benzene rings is 2. The minimum Gasteiger partial charge on any atom is -0.465 e. The lowest BCUT2D eigenvalue weighted by Gasteiger charge is -2.45. The summed E-state index contributed by atoms with van der Waals surface area (Å²) in [5.74, 6) is -0.917. The number of hydrogen-bond donors (Lipinski definition) is 0. The molecule has 1 aliphatic heterocycles. The van der Waals surface area contributed by atoms with Gasteiger partial charge in [-0.2, -0.15) is 0 Å². The van der Waals surface area contributed by atoms with Crippen LogP contribution in [-0.4, -0.2) is 45.0 Å². The van der Waals surface area contributed by atoms with Crippen LogP contribution >= 0.6 is 0 Å². The van der Waals surface area contributed by atoms with E-state index in [0.717, 1.165) is 6.42 Å². The number of esters is 1. The van der Waals surface area contributed by atoms with Gasteiger partial charge in [-0.05, 0) is 42.6 Å². The summed E-state index contributed by atoms with van der Waals surface area (Å²) in [6.45, 7) is 12.9. The monoisotopic (exact) mass is 480 g/mol. The minimum atomic E-state index is -2.81. The predicted molar refractivity (Wildman–Crippen MR) is 133 cm³/mol. The number of carbonyl (C=O) groups excluding carboxylic acids is 1. The molecule has 6 heteroatoms. The summed E-state index contributed by atoms with van der Waals surface area (Å²) < 4.78 is 25.8. The van der Waals surface area contributed by atoms with Crippen molar-refractivity contribution in [2.24, 2.45) is 11.3 Å². The summed E-state index contributed by atoms with van der Waals surface area (Å²) in [4.78, 5) is 13.2. The number of fused-ring (bicyclic) bond motifs is 3. The molecule has 0 spiro atoms. The zero-order valence-corrected chi connectivity index (χ0v) is 22.0. The topological polar surface area (TPSA) is 54.0 Å². The van der Waals surface area contributed by atoms with E-state index in [1.54, 1.807) is 0 Å². The molecule has 0 N–H and O–H groups in total. The van der Waals surface area contributed by atoms with Crippen molar-refractivity contribution in [2.75, 3.05) is 6.61 Å². The fraction of sp³-hybridized carbons (Fsp3) is 0.536. The van der Waals surface area contributed by atoms with Crippen LogP contribution in [0.15, 0.2) is 60.7 Å². The van der Waals surface area contributed by atoms with Gasteiger partial charge in [0.05, 0.1) is 12.7 Å². The molecule has 0 unspecified atom stereocenters. The van der Waals surface area contributed by atoms with Gasteiger partial charge in [-0.1, -0.05) is 81.4 Å². The van der Waals surface area contributed by atoms with Crippen molar-refractivity contribution in [2.45, 2.75) is 77.1 Å². The van der Waals surface area contributed by atoms with E-state index in [9.17, 15) is 4.79 Å². The number of hydrogen-bond acceptors (Lipinski definition) is 5. The average molecular weight is 481 g/mol. The summed E-state index contributed by atoms with van der Waals surface area (Å²) in [7, 11) is -2.81. The van der Waals surface area contributed by atoms with Crippen LogP contribution in [0.25, 0.3) is 0 Å². The third-order valence-corrected chi connectivity index (χ3v) is 12.8. The SMILES string of the molecule is CCOC(=O)[C@]12C[C@H]1[C@@H](O[Si](c1ccccc1)(c1ccccc1)C(C)(C)C)[C@@H]1OC(C)(C)O[C@H]12. The van der Waals surface area contributed by atoms with Crippen LogP contribution in [0.5, 0.6) is 0 Å². The van der Waals surface area contributed by atoms with Crippen molar-refractivity contribution >= 4 is 24.7 Å². The molecule has 5 nitrogen and oxygen atoms in total. The fourth-order valence-corrected chi connectivity index (χ4v) is 11.1. The molecule has 2 aromatic carbocycles. The molecule has 5 atom stereocenters. The number of carbonyl (C=O) groups is 1. The summed E-state index contributed by atoms with van der Waals surface area (Å²) in [6.07, 6.45) is -0.188. The molecule has 0 amide bonds. The van der Waals surface area contributed by atoms with Gasteiger partial charge in [0.1, 0.15) is 17.6 Å². The largest absolute Gasteiger partial charge is 0.465 e. The maximum atomic E-state index is 13.2. The number of ether oxygens (including phenoxy) is 3. The third kappa shape index (κ3) is 3.41. The second-order valence-electron chi connectivity index (χ2n) is 11.3. The normalized spacial score (nSPS) is 31.6. The fourth-order valence-electron chi connectivity index (χ4n) is 6.36. The summed E-state index contributed by atoms with van der Waals surface area (Å²) >= 11 is 0. The van der Waals surface area contributed by atoms with E-state index in [0.29, 0.717) is 6.61 Å². The average Bonchev–Trinajstić information content (AvgIpc) is 3.38. The van der Waals surface area contributed by atoms with Gasteiger partial charge in [0.2, 0.25) is 0 Å². The van der Waals surface area contributed by atoms with E-state index in [4.69, 9.17) is 18.6 Å². The first-order valence-corrected chi connectivity index (χ1v) is 14.3. The van der Waals surface area contributed by atoms with Crippen LogP contribution in [-0.2, 0) is 23.4 Å². The van der Waals surface area contributed by atoms with Gasteiger partial charge >= 0.3 is 5.97 Å². The molecule has 0 radical (unpaired) electrons. The van der Waals surface area contributed by atoms with Crippen LogP contribution in [0.2, 0.25) is 5.04 Å². The van der Waals surface area contributed by atoms with Crippen LogP contribution in [0.4, 0.5) is 0 Å². The Labute approximate surface area is 203 Å². The van der Waals surface area contributed by atoms with E-state index < -0.39 is 19.5 Å². The summed E-state index contributed by atoms with van der Waals surface area (Å²) in [5.41, 5.74) is -0.676. The lowest BCUT2D eigenvalue weighted by atomic mass is 9.99. The lowest BCUT2D eigenvalue weighted by Crippen LogP contribution is -2.68. The van der Waals surface area contributed by atoms with E-state index in [1.807, 2.05) is 32.9 Å². The summed E-state index contributed by atoms with van der Waals surface area (Å²) in [5, 5.41) is 2.28. The van der Waals surface area contributed by atoms with Crippen molar-refractivity contribution in [1.29, 1.82) is 0 Å². The molecule has 3 fully saturated rings. The Morgan fingerprint density at radius 1 is 1.00 bits per heavy atom. The Bertz CT molecular complexity index is 1010. The predicted octanol–water partition coefficient (Wildman–Crippen LogP) is 4.03. The van der Waals surface area contributed by atoms with Crippen molar-refractivity contribution in [3.05, 3.63) is 60.7 Å². The molecule has 2 saturated carbocycles. The quantitative estimate of drug-likeness (QED) is 0.462. The van der Waals surface area contributed by atoms with Crippen LogP contribution in [0.1, 0.15) is 48.0 Å². The molecule has 3 aliphatic rings. The molecule has 2 aromatic rings. The molecule has 2 aliphatic carbocycles. The molecule has 0 bridgehead atoms. The van der Waals surface area contributed by atoms with Gasteiger partial charge in [0.25, 0.3) is 8.32 Å². The molecule has 0 aromatic heterocycles. The Balaban J connectivity index is 1.63. The van der Waals surface area contributed by atoms with Crippen LogP contribution < -0.4 is 10.4 Å². The van der Waals surface area contributed by atoms with Gasteiger partial charge in [-0.3, -0.25) is 4.79 Å². The molecule has 182 valence electrons. The van der Waals surface area contributed by atoms with E-state index >= 15 is 0 Å². The Morgan fingerprint density at radius 3 is 2.06 bits per heavy atom. The van der Waals surface area contributed by atoms with Crippen LogP contribution in [0, 0.1) is 11.3 Å². The minimum absolute atomic E-state index is 0.0271. The smallest absolute Gasteiger partial charge is 0.315 e. The van der Waals surface area contributed by atoms with E-state index in [-0.39, 0.29) is 35.2 Å². The molecular formula is C28H36O5Si. The van der Waals surface area contributed by atoms with Gasteiger partial charge in [0, 0.05) is 5.92 Å². The van der Waals surface area contributed by atoms with Crippen molar-refractivity contribution in [3.63, 3.8) is 0 Å². The molecule has 34 heavy (non-hydrogen) atoms. The molecule has 1 heterocycles. The zero-order chi connectivity index (χ0) is 24.4. The Kier molecular flexibility index (Phi) is 5.60. The highest BCUT2D eigenvalue weighted by atomic mass is 28.4. The maximum Gasteiger partial charge on any atom is 0.315 e.